The molecule has 0 radical (unpaired) electrons. The second-order valence-electron chi connectivity index (χ2n) is 5.10. The third-order valence-corrected chi connectivity index (χ3v) is 5.29. The molecule has 0 amide bonds. The molecule has 0 aliphatic heterocycles. The smallest absolute Gasteiger partial charge is 0.308 e. The summed E-state index contributed by atoms with van der Waals surface area (Å²) in [7, 11) is -3.65. The molecule has 1 aromatic rings. The summed E-state index contributed by atoms with van der Waals surface area (Å²) in [4.78, 5) is 11.3. The molecule has 1 fully saturated rings. The van der Waals surface area contributed by atoms with Gasteiger partial charge in [-0.2, -0.15) is 0 Å². The minimum atomic E-state index is -3.65. The van der Waals surface area contributed by atoms with Crippen LogP contribution in [0.4, 0.5) is 0 Å². The number of aryl methyl sites for hydroxylation is 1. The van der Waals surface area contributed by atoms with Crippen molar-refractivity contribution in [3.63, 3.8) is 0 Å². The first-order valence-corrected chi connectivity index (χ1v) is 8.26. The minimum Gasteiger partial charge on any atom is -0.481 e. The van der Waals surface area contributed by atoms with Gasteiger partial charge in [-0.3, -0.25) is 4.79 Å². The van der Waals surface area contributed by atoms with E-state index in [-0.39, 0.29) is 4.90 Å². The van der Waals surface area contributed by atoms with E-state index < -0.39 is 28.0 Å². The molecule has 20 heavy (non-hydrogen) atoms. The van der Waals surface area contributed by atoms with Gasteiger partial charge in [0.1, 0.15) is 0 Å². The highest BCUT2D eigenvalue weighted by Crippen LogP contribution is 2.27. The first-order valence-electron chi connectivity index (χ1n) is 6.78. The normalized spacial score (nSPS) is 22.9. The van der Waals surface area contributed by atoms with E-state index in [1.54, 1.807) is 24.3 Å². The average molecular weight is 297 g/mol. The van der Waals surface area contributed by atoms with E-state index in [1.165, 1.54) is 0 Å². The van der Waals surface area contributed by atoms with Gasteiger partial charge in [0.15, 0.2) is 0 Å². The Bertz CT molecular complexity index is 580. The zero-order chi connectivity index (χ0) is 14.8. The second-order valence-corrected chi connectivity index (χ2v) is 6.81. The summed E-state index contributed by atoms with van der Waals surface area (Å²) in [6.45, 7) is 2.00. The summed E-state index contributed by atoms with van der Waals surface area (Å²) in [5.41, 5.74) is 1.06. The molecular formula is C14H19NO4S. The highest BCUT2D eigenvalue weighted by atomic mass is 32.2. The molecular weight excluding hydrogens is 278 g/mol. The molecule has 110 valence electrons. The Kier molecular flexibility index (Phi) is 4.45. The van der Waals surface area contributed by atoms with Crippen LogP contribution < -0.4 is 4.72 Å². The zero-order valence-electron chi connectivity index (χ0n) is 11.4. The Hall–Kier alpha value is -1.40. The number of hydrogen-bond donors (Lipinski definition) is 2. The lowest BCUT2D eigenvalue weighted by Gasteiger charge is -2.17. The fourth-order valence-corrected chi connectivity index (χ4v) is 3.88. The van der Waals surface area contributed by atoms with Crippen molar-refractivity contribution >= 4 is 16.0 Å². The number of rotatable bonds is 5. The van der Waals surface area contributed by atoms with Gasteiger partial charge < -0.3 is 5.11 Å². The predicted molar refractivity (Wildman–Crippen MR) is 74.9 cm³/mol. The fourth-order valence-electron chi connectivity index (χ4n) is 2.57. The van der Waals surface area contributed by atoms with Gasteiger partial charge >= 0.3 is 5.97 Å². The molecule has 5 nitrogen and oxygen atoms in total. The van der Waals surface area contributed by atoms with Gasteiger partial charge in [-0.1, -0.05) is 25.5 Å². The Morgan fingerprint density at radius 1 is 1.30 bits per heavy atom. The molecule has 2 unspecified atom stereocenters. The lowest BCUT2D eigenvalue weighted by atomic mass is 10.1. The van der Waals surface area contributed by atoms with Crippen LogP contribution in [0, 0.1) is 5.92 Å². The summed E-state index contributed by atoms with van der Waals surface area (Å²) < 4.78 is 27.0. The molecule has 1 saturated carbocycles. The van der Waals surface area contributed by atoms with Gasteiger partial charge in [0.05, 0.1) is 10.8 Å². The van der Waals surface area contributed by atoms with Crippen LogP contribution in [0.2, 0.25) is 0 Å². The van der Waals surface area contributed by atoms with Gasteiger partial charge in [-0.15, -0.1) is 0 Å². The van der Waals surface area contributed by atoms with E-state index in [0.717, 1.165) is 18.4 Å². The molecule has 0 aromatic heterocycles. The van der Waals surface area contributed by atoms with E-state index in [2.05, 4.69) is 4.72 Å². The van der Waals surface area contributed by atoms with E-state index in [9.17, 15) is 13.2 Å². The van der Waals surface area contributed by atoms with Gasteiger partial charge in [-0.25, -0.2) is 13.1 Å². The van der Waals surface area contributed by atoms with Gasteiger partial charge in [0.2, 0.25) is 10.0 Å². The average Bonchev–Trinajstić information content (AvgIpc) is 2.86. The maximum absolute atomic E-state index is 12.3. The number of sulfonamides is 1. The van der Waals surface area contributed by atoms with Crippen molar-refractivity contribution in [3.8, 4) is 0 Å². The number of aliphatic carboxylic acids is 1. The first-order chi connectivity index (χ1) is 9.44. The number of carboxylic acid groups (broad SMARTS) is 1. The van der Waals surface area contributed by atoms with Crippen LogP contribution in [0.15, 0.2) is 29.2 Å². The number of benzene rings is 1. The number of carboxylic acids is 1. The lowest BCUT2D eigenvalue weighted by Crippen LogP contribution is -2.40. The Labute approximate surface area is 119 Å². The van der Waals surface area contributed by atoms with Crippen molar-refractivity contribution in [1.82, 2.24) is 4.72 Å². The maximum Gasteiger partial charge on any atom is 0.308 e. The first kappa shape index (κ1) is 15.0. The van der Waals surface area contributed by atoms with Crippen LogP contribution >= 0.6 is 0 Å². The van der Waals surface area contributed by atoms with E-state index in [1.807, 2.05) is 6.92 Å². The van der Waals surface area contributed by atoms with Crippen LogP contribution in [0.1, 0.15) is 31.7 Å². The van der Waals surface area contributed by atoms with Crippen molar-refractivity contribution in [1.29, 1.82) is 0 Å². The summed E-state index contributed by atoms with van der Waals surface area (Å²) in [5.74, 6) is -1.56. The highest BCUT2D eigenvalue weighted by Gasteiger charge is 2.35. The molecule has 1 aliphatic carbocycles. The molecule has 0 spiro atoms. The molecule has 1 aromatic carbocycles. The largest absolute Gasteiger partial charge is 0.481 e. The molecule has 0 bridgehead atoms. The fraction of sp³-hybridized carbons (Fsp3) is 0.500. The van der Waals surface area contributed by atoms with Crippen LogP contribution in [0.5, 0.6) is 0 Å². The van der Waals surface area contributed by atoms with Crippen LogP contribution in [0.25, 0.3) is 0 Å². The van der Waals surface area contributed by atoms with E-state index in [4.69, 9.17) is 5.11 Å². The van der Waals surface area contributed by atoms with E-state index >= 15 is 0 Å². The van der Waals surface area contributed by atoms with Crippen LogP contribution in [-0.2, 0) is 21.2 Å². The maximum atomic E-state index is 12.3. The third-order valence-electron chi connectivity index (χ3n) is 3.78. The van der Waals surface area contributed by atoms with Gasteiger partial charge in [0, 0.05) is 6.04 Å². The number of carbonyl (C=O) groups is 1. The molecule has 2 rings (SSSR count). The standard InChI is InChI=1S/C14H19NO4S/c1-2-10-6-8-11(9-7-10)20(18,19)15-13-5-3-4-12(13)14(16)17/h6-9,12-13,15H,2-5H2,1H3,(H,16,17). The van der Waals surface area contributed by atoms with Crippen molar-refractivity contribution in [2.75, 3.05) is 0 Å². The SMILES string of the molecule is CCc1ccc(S(=O)(=O)NC2CCCC2C(=O)O)cc1. The molecule has 0 heterocycles. The minimum absolute atomic E-state index is 0.186. The summed E-state index contributed by atoms with van der Waals surface area (Å²) >= 11 is 0. The predicted octanol–water partition coefficient (Wildman–Crippen LogP) is 1.78. The van der Waals surface area contributed by atoms with E-state index in [0.29, 0.717) is 12.8 Å². The molecule has 6 heteroatoms. The van der Waals surface area contributed by atoms with Gasteiger partial charge in [0.25, 0.3) is 0 Å². The Morgan fingerprint density at radius 2 is 1.95 bits per heavy atom. The van der Waals surface area contributed by atoms with Crippen LogP contribution in [0.3, 0.4) is 0 Å². The van der Waals surface area contributed by atoms with Crippen LogP contribution in [-0.4, -0.2) is 25.5 Å². The summed E-state index contributed by atoms with van der Waals surface area (Å²) in [6, 6.07) is 6.16. The third kappa shape index (κ3) is 3.19. The Balaban J connectivity index is 2.16. The highest BCUT2D eigenvalue weighted by molar-refractivity contribution is 7.89. The summed E-state index contributed by atoms with van der Waals surface area (Å²) in [6.07, 6.45) is 2.68. The monoisotopic (exact) mass is 297 g/mol. The Morgan fingerprint density at radius 3 is 2.50 bits per heavy atom. The zero-order valence-corrected chi connectivity index (χ0v) is 12.2. The van der Waals surface area contributed by atoms with Crippen molar-refractivity contribution < 1.29 is 18.3 Å². The molecule has 1 aliphatic rings. The summed E-state index contributed by atoms with van der Waals surface area (Å²) in [5, 5.41) is 9.08. The number of hydrogen-bond acceptors (Lipinski definition) is 3. The van der Waals surface area contributed by atoms with Crippen molar-refractivity contribution in [2.24, 2.45) is 5.92 Å². The molecule has 0 saturated heterocycles. The quantitative estimate of drug-likeness (QED) is 0.867. The molecule has 2 N–H and O–H groups in total. The number of nitrogens with one attached hydrogen (secondary N) is 1. The van der Waals surface area contributed by atoms with Crippen molar-refractivity contribution in [3.05, 3.63) is 29.8 Å². The topological polar surface area (TPSA) is 83.5 Å². The second kappa shape index (κ2) is 5.93. The lowest BCUT2D eigenvalue weighted by molar-refractivity contribution is -0.141. The van der Waals surface area contributed by atoms with Gasteiger partial charge in [-0.05, 0) is 37.0 Å². The van der Waals surface area contributed by atoms with Crippen molar-refractivity contribution in [2.45, 2.75) is 43.5 Å². The molecule has 2 atom stereocenters.